The first kappa shape index (κ1) is 16.0. The van der Waals surface area contributed by atoms with Crippen LogP contribution in [0.15, 0.2) is 24.3 Å². The van der Waals surface area contributed by atoms with Crippen LogP contribution in [0.1, 0.15) is 30.1 Å². The summed E-state index contributed by atoms with van der Waals surface area (Å²) >= 11 is 0. The van der Waals surface area contributed by atoms with Gasteiger partial charge in [-0.25, -0.2) is 0 Å². The highest BCUT2D eigenvalue weighted by Gasteiger charge is 2.22. The number of carbonyl (C=O) groups is 1. The van der Waals surface area contributed by atoms with Crippen LogP contribution in [-0.4, -0.2) is 30.1 Å². The third-order valence-electron chi connectivity index (χ3n) is 3.39. The lowest BCUT2D eigenvalue weighted by molar-refractivity contribution is -0.123. The van der Waals surface area contributed by atoms with Gasteiger partial charge in [-0.15, -0.1) is 12.4 Å². The summed E-state index contributed by atoms with van der Waals surface area (Å²) in [6.07, 6.45) is 1.28. The van der Waals surface area contributed by atoms with Gasteiger partial charge in [-0.05, 0) is 37.4 Å². The summed E-state index contributed by atoms with van der Waals surface area (Å²) < 4.78 is 0. The van der Waals surface area contributed by atoms with Gasteiger partial charge in [0.05, 0.1) is 12.1 Å². The van der Waals surface area contributed by atoms with E-state index in [1.807, 2.05) is 31.2 Å². The van der Waals surface area contributed by atoms with Crippen molar-refractivity contribution in [1.82, 2.24) is 10.6 Å². The van der Waals surface area contributed by atoms with Gasteiger partial charge in [-0.3, -0.25) is 4.79 Å². The highest BCUT2D eigenvalue weighted by atomic mass is 35.5. The molecule has 106 valence electrons. The van der Waals surface area contributed by atoms with E-state index >= 15 is 0 Å². The zero-order valence-electron chi connectivity index (χ0n) is 11.1. The van der Waals surface area contributed by atoms with Crippen molar-refractivity contribution in [2.75, 3.05) is 13.1 Å². The molecule has 0 aromatic heterocycles. The Balaban J connectivity index is 0.00000180. The number of hydrogen-bond acceptors (Lipinski definition) is 3. The Morgan fingerprint density at radius 2 is 2.26 bits per heavy atom. The lowest BCUT2D eigenvalue weighted by Gasteiger charge is -2.16. The molecule has 2 atom stereocenters. The summed E-state index contributed by atoms with van der Waals surface area (Å²) in [5.41, 5.74) is 1.91. The van der Waals surface area contributed by atoms with Crippen LogP contribution in [0.25, 0.3) is 0 Å². The summed E-state index contributed by atoms with van der Waals surface area (Å²) in [5.74, 6) is -0.0138. The zero-order chi connectivity index (χ0) is 13.0. The molecule has 2 unspecified atom stereocenters. The van der Waals surface area contributed by atoms with Gasteiger partial charge in [-0.2, -0.15) is 0 Å². The van der Waals surface area contributed by atoms with Crippen molar-refractivity contribution in [3.05, 3.63) is 35.4 Å². The molecule has 5 heteroatoms. The molecule has 1 heterocycles. The van der Waals surface area contributed by atoms with Crippen molar-refractivity contribution < 1.29 is 9.90 Å². The molecule has 0 saturated carbocycles. The number of carbonyl (C=O) groups excluding carboxylic acids is 1. The van der Waals surface area contributed by atoms with Gasteiger partial charge in [-0.1, -0.05) is 24.3 Å². The van der Waals surface area contributed by atoms with E-state index in [0.29, 0.717) is 0 Å². The minimum Gasteiger partial charge on any atom is -0.387 e. The third kappa shape index (κ3) is 4.20. The van der Waals surface area contributed by atoms with Crippen LogP contribution in [0, 0.1) is 6.92 Å². The number of aryl methyl sites for hydroxylation is 1. The van der Waals surface area contributed by atoms with Crippen LogP contribution < -0.4 is 10.6 Å². The minimum absolute atomic E-state index is 0. The van der Waals surface area contributed by atoms with Gasteiger partial charge in [0.1, 0.15) is 0 Å². The maximum atomic E-state index is 11.8. The Morgan fingerprint density at radius 3 is 2.89 bits per heavy atom. The van der Waals surface area contributed by atoms with Crippen molar-refractivity contribution in [3.8, 4) is 0 Å². The van der Waals surface area contributed by atoms with Gasteiger partial charge < -0.3 is 15.7 Å². The van der Waals surface area contributed by atoms with E-state index in [0.717, 1.165) is 30.5 Å². The standard InChI is InChI=1S/C14H20N2O2.ClH/c1-10-5-2-3-6-11(10)13(17)9-16-14(18)12-7-4-8-15-12;/h2-3,5-6,12-13,15,17H,4,7-9H2,1H3,(H,16,18);1H. The number of amides is 1. The van der Waals surface area contributed by atoms with Crippen molar-refractivity contribution in [1.29, 1.82) is 0 Å². The molecule has 0 spiro atoms. The van der Waals surface area contributed by atoms with E-state index in [4.69, 9.17) is 0 Å². The number of halogens is 1. The smallest absolute Gasteiger partial charge is 0.237 e. The monoisotopic (exact) mass is 284 g/mol. The molecule has 19 heavy (non-hydrogen) atoms. The van der Waals surface area contributed by atoms with Gasteiger partial charge in [0.25, 0.3) is 0 Å². The Labute approximate surface area is 120 Å². The molecule has 1 saturated heterocycles. The minimum atomic E-state index is -0.642. The van der Waals surface area contributed by atoms with Crippen LogP contribution in [0.4, 0.5) is 0 Å². The molecule has 1 fully saturated rings. The number of hydrogen-bond donors (Lipinski definition) is 3. The maximum absolute atomic E-state index is 11.8. The summed E-state index contributed by atoms with van der Waals surface area (Å²) in [6, 6.07) is 7.59. The van der Waals surface area contributed by atoms with E-state index in [1.165, 1.54) is 0 Å². The maximum Gasteiger partial charge on any atom is 0.237 e. The normalized spacial score (nSPS) is 19.6. The molecule has 3 N–H and O–H groups in total. The van der Waals surface area contributed by atoms with Gasteiger partial charge in [0.15, 0.2) is 0 Å². The number of rotatable bonds is 4. The second-order valence-electron chi connectivity index (χ2n) is 4.77. The SMILES string of the molecule is Cc1ccccc1C(O)CNC(=O)C1CCCN1.Cl. The molecule has 0 bridgehead atoms. The first-order chi connectivity index (χ1) is 8.68. The van der Waals surface area contributed by atoms with Gasteiger partial charge in [0.2, 0.25) is 5.91 Å². The van der Waals surface area contributed by atoms with Crippen LogP contribution in [-0.2, 0) is 4.79 Å². The number of aliphatic hydroxyl groups excluding tert-OH is 1. The fourth-order valence-corrected chi connectivity index (χ4v) is 2.30. The molecular weight excluding hydrogens is 264 g/mol. The summed E-state index contributed by atoms with van der Waals surface area (Å²) in [6.45, 7) is 3.12. The van der Waals surface area contributed by atoms with Gasteiger partial charge >= 0.3 is 0 Å². The molecule has 0 aliphatic carbocycles. The Kier molecular flexibility index (Phi) is 6.28. The largest absolute Gasteiger partial charge is 0.387 e. The third-order valence-corrected chi connectivity index (χ3v) is 3.39. The van der Waals surface area contributed by atoms with Gasteiger partial charge in [0, 0.05) is 6.54 Å². The van der Waals surface area contributed by atoms with Crippen molar-refractivity contribution in [2.24, 2.45) is 0 Å². The average Bonchev–Trinajstić information content (AvgIpc) is 2.90. The Bertz CT molecular complexity index is 420. The number of benzene rings is 1. The molecule has 4 nitrogen and oxygen atoms in total. The predicted molar refractivity (Wildman–Crippen MR) is 77.4 cm³/mol. The van der Waals surface area contributed by atoms with Crippen LogP contribution in [0.3, 0.4) is 0 Å². The van der Waals surface area contributed by atoms with E-state index in [-0.39, 0.29) is 30.9 Å². The molecule has 1 aromatic rings. The second kappa shape index (κ2) is 7.48. The van der Waals surface area contributed by atoms with Crippen molar-refractivity contribution >= 4 is 18.3 Å². The lowest BCUT2D eigenvalue weighted by atomic mass is 10.0. The molecule has 1 amide bonds. The number of nitrogens with one attached hydrogen (secondary N) is 2. The van der Waals surface area contributed by atoms with E-state index in [1.54, 1.807) is 0 Å². The fraction of sp³-hybridized carbons (Fsp3) is 0.500. The summed E-state index contributed by atoms with van der Waals surface area (Å²) in [7, 11) is 0. The summed E-state index contributed by atoms with van der Waals surface area (Å²) in [4.78, 5) is 11.8. The lowest BCUT2D eigenvalue weighted by Crippen LogP contribution is -2.41. The van der Waals surface area contributed by atoms with E-state index in [9.17, 15) is 9.90 Å². The van der Waals surface area contributed by atoms with Crippen molar-refractivity contribution in [2.45, 2.75) is 31.9 Å². The van der Waals surface area contributed by atoms with E-state index < -0.39 is 6.10 Å². The molecule has 1 aliphatic heterocycles. The second-order valence-corrected chi connectivity index (χ2v) is 4.77. The van der Waals surface area contributed by atoms with E-state index in [2.05, 4.69) is 10.6 Å². The average molecular weight is 285 g/mol. The summed E-state index contributed by atoms with van der Waals surface area (Å²) in [5, 5.41) is 16.0. The van der Waals surface area contributed by atoms with Crippen LogP contribution in [0.5, 0.6) is 0 Å². The predicted octanol–water partition coefficient (Wildman–Crippen LogP) is 1.32. The fourth-order valence-electron chi connectivity index (χ4n) is 2.30. The first-order valence-corrected chi connectivity index (χ1v) is 6.43. The molecule has 1 aliphatic rings. The first-order valence-electron chi connectivity index (χ1n) is 6.43. The number of aliphatic hydroxyl groups is 1. The molecule has 0 radical (unpaired) electrons. The Hall–Kier alpha value is -1.10. The highest BCUT2D eigenvalue weighted by molar-refractivity contribution is 5.85. The molecule has 1 aromatic carbocycles. The van der Waals surface area contributed by atoms with Crippen molar-refractivity contribution in [3.63, 3.8) is 0 Å². The van der Waals surface area contributed by atoms with Crippen LogP contribution in [0.2, 0.25) is 0 Å². The quantitative estimate of drug-likeness (QED) is 0.781. The van der Waals surface area contributed by atoms with Crippen LogP contribution >= 0.6 is 12.4 Å². The highest BCUT2D eigenvalue weighted by Crippen LogP contribution is 2.16. The Morgan fingerprint density at radius 1 is 1.53 bits per heavy atom. The molecule has 2 rings (SSSR count). The zero-order valence-corrected chi connectivity index (χ0v) is 11.9. The molecular formula is C14H21ClN2O2. The topological polar surface area (TPSA) is 61.4 Å².